The van der Waals surface area contributed by atoms with Crippen molar-refractivity contribution in [2.24, 2.45) is 0 Å². The lowest BCUT2D eigenvalue weighted by Gasteiger charge is -2.06. The summed E-state index contributed by atoms with van der Waals surface area (Å²) in [5.74, 6) is 0. The molecular formula is C16H13NO3. The second-order valence-corrected chi connectivity index (χ2v) is 4.90. The summed E-state index contributed by atoms with van der Waals surface area (Å²) in [7, 11) is 0. The van der Waals surface area contributed by atoms with E-state index in [-0.39, 0.29) is 12.2 Å². The first-order valence-corrected chi connectivity index (χ1v) is 6.61. The first-order chi connectivity index (χ1) is 9.84. The number of carbonyl (C=O) groups is 1. The number of nitrogens with zero attached hydrogens (tertiary/aromatic N) is 1. The molecule has 0 bridgehead atoms. The first-order valence-electron chi connectivity index (χ1n) is 6.61. The van der Waals surface area contributed by atoms with E-state index in [1.165, 1.54) is 0 Å². The molecule has 0 saturated carbocycles. The van der Waals surface area contributed by atoms with Gasteiger partial charge in [0.1, 0.15) is 12.7 Å². The number of aromatic nitrogens is 1. The quantitative estimate of drug-likeness (QED) is 0.670. The van der Waals surface area contributed by atoms with Crippen molar-refractivity contribution in [1.82, 2.24) is 4.57 Å². The molecule has 2 aromatic carbocycles. The zero-order valence-corrected chi connectivity index (χ0v) is 10.8. The van der Waals surface area contributed by atoms with Gasteiger partial charge in [0.05, 0.1) is 17.6 Å². The molecule has 1 unspecified atom stereocenters. The van der Waals surface area contributed by atoms with E-state index < -0.39 is 0 Å². The maximum absolute atomic E-state index is 12.4. The van der Waals surface area contributed by atoms with E-state index in [0.29, 0.717) is 13.2 Å². The Labute approximate surface area is 115 Å². The lowest BCUT2D eigenvalue weighted by molar-refractivity contribution is 0.139. The van der Waals surface area contributed by atoms with Crippen molar-refractivity contribution < 1.29 is 14.3 Å². The molecule has 100 valence electrons. The zero-order valence-electron chi connectivity index (χ0n) is 10.8. The van der Waals surface area contributed by atoms with E-state index in [2.05, 4.69) is 0 Å². The smallest absolute Gasteiger partial charge is 0.419 e. The molecule has 1 atom stereocenters. The van der Waals surface area contributed by atoms with Crippen LogP contribution in [0.5, 0.6) is 0 Å². The fourth-order valence-electron chi connectivity index (χ4n) is 2.51. The molecular weight excluding hydrogens is 254 g/mol. The Bertz CT molecular complexity index is 748. The summed E-state index contributed by atoms with van der Waals surface area (Å²) >= 11 is 0. The monoisotopic (exact) mass is 267 g/mol. The SMILES string of the molecule is O=C(OCC1CO1)n1c2ccccc2c2ccccc21. The van der Waals surface area contributed by atoms with Crippen molar-refractivity contribution in [3.05, 3.63) is 48.5 Å². The van der Waals surface area contributed by atoms with Gasteiger partial charge in [-0.15, -0.1) is 0 Å². The van der Waals surface area contributed by atoms with Gasteiger partial charge in [0.15, 0.2) is 0 Å². The molecule has 1 saturated heterocycles. The predicted molar refractivity (Wildman–Crippen MR) is 75.9 cm³/mol. The first kappa shape index (κ1) is 11.5. The van der Waals surface area contributed by atoms with Crippen molar-refractivity contribution in [3.63, 3.8) is 0 Å². The highest BCUT2D eigenvalue weighted by atomic mass is 16.6. The number of para-hydroxylation sites is 2. The summed E-state index contributed by atoms with van der Waals surface area (Å²) in [6.07, 6.45) is -0.273. The van der Waals surface area contributed by atoms with Crippen LogP contribution in [-0.2, 0) is 9.47 Å². The Balaban J connectivity index is 1.87. The lowest BCUT2D eigenvalue weighted by Crippen LogP contribution is -2.16. The molecule has 0 radical (unpaired) electrons. The van der Waals surface area contributed by atoms with Crippen LogP contribution in [0.15, 0.2) is 48.5 Å². The molecule has 1 aliphatic heterocycles. The van der Waals surface area contributed by atoms with Gasteiger partial charge in [0, 0.05) is 10.8 Å². The molecule has 0 N–H and O–H groups in total. The number of rotatable bonds is 2. The predicted octanol–water partition coefficient (Wildman–Crippen LogP) is 3.18. The summed E-state index contributed by atoms with van der Waals surface area (Å²) in [5, 5.41) is 2.12. The minimum Gasteiger partial charge on any atom is -0.446 e. The van der Waals surface area contributed by atoms with Gasteiger partial charge in [-0.2, -0.15) is 0 Å². The van der Waals surface area contributed by atoms with Crippen LogP contribution < -0.4 is 0 Å². The topological polar surface area (TPSA) is 43.8 Å². The van der Waals surface area contributed by atoms with Crippen molar-refractivity contribution in [3.8, 4) is 0 Å². The molecule has 3 aromatic rings. The fourth-order valence-corrected chi connectivity index (χ4v) is 2.51. The number of benzene rings is 2. The normalized spacial score (nSPS) is 17.5. The van der Waals surface area contributed by atoms with Crippen molar-refractivity contribution in [2.75, 3.05) is 13.2 Å². The van der Waals surface area contributed by atoms with Gasteiger partial charge in [0.25, 0.3) is 0 Å². The van der Waals surface area contributed by atoms with Crippen molar-refractivity contribution in [2.45, 2.75) is 6.10 Å². The van der Waals surface area contributed by atoms with Gasteiger partial charge in [-0.1, -0.05) is 36.4 Å². The maximum atomic E-state index is 12.4. The van der Waals surface area contributed by atoms with Crippen LogP contribution in [0.3, 0.4) is 0 Å². The molecule has 4 nitrogen and oxygen atoms in total. The van der Waals surface area contributed by atoms with Crippen LogP contribution in [0.4, 0.5) is 4.79 Å². The number of hydrogen-bond donors (Lipinski definition) is 0. The summed E-state index contributed by atoms with van der Waals surface area (Å²) in [4.78, 5) is 12.4. The van der Waals surface area contributed by atoms with Gasteiger partial charge < -0.3 is 9.47 Å². The summed E-state index contributed by atoms with van der Waals surface area (Å²) in [6.45, 7) is 1.00. The number of hydrogen-bond acceptors (Lipinski definition) is 3. The van der Waals surface area contributed by atoms with Gasteiger partial charge >= 0.3 is 6.09 Å². The molecule has 4 rings (SSSR count). The Morgan fingerprint density at radius 3 is 2.20 bits per heavy atom. The van der Waals surface area contributed by atoms with E-state index in [0.717, 1.165) is 21.8 Å². The average molecular weight is 267 g/mol. The number of carbonyl (C=O) groups excluding carboxylic acids is 1. The Morgan fingerprint density at radius 2 is 1.65 bits per heavy atom. The summed E-state index contributed by atoms with van der Waals surface area (Å²) < 4.78 is 12.0. The van der Waals surface area contributed by atoms with Crippen LogP contribution in [-0.4, -0.2) is 30.0 Å². The molecule has 1 fully saturated rings. The van der Waals surface area contributed by atoms with Crippen LogP contribution in [0, 0.1) is 0 Å². The fraction of sp³-hybridized carbons (Fsp3) is 0.188. The van der Waals surface area contributed by atoms with Crippen LogP contribution in [0.2, 0.25) is 0 Å². The highest BCUT2D eigenvalue weighted by Crippen LogP contribution is 2.28. The third-order valence-electron chi connectivity index (χ3n) is 3.56. The number of epoxide rings is 1. The van der Waals surface area contributed by atoms with Crippen LogP contribution >= 0.6 is 0 Å². The minimum atomic E-state index is -0.349. The van der Waals surface area contributed by atoms with E-state index in [1.807, 2.05) is 48.5 Å². The average Bonchev–Trinajstić information content (AvgIpc) is 3.25. The summed E-state index contributed by atoms with van der Waals surface area (Å²) in [6, 6.07) is 15.7. The van der Waals surface area contributed by atoms with E-state index in [4.69, 9.17) is 9.47 Å². The molecule has 4 heteroatoms. The van der Waals surface area contributed by atoms with E-state index in [1.54, 1.807) is 4.57 Å². The van der Waals surface area contributed by atoms with Crippen molar-refractivity contribution in [1.29, 1.82) is 0 Å². The van der Waals surface area contributed by atoms with E-state index in [9.17, 15) is 4.79 Å². The van der Waals surface area contributed by atoms with E-state index >= 15 is 0 Å². The number of fused-ring (bicyclic) bond motifs is 3. The van der Waals surface area contributed by atoms with Crippen LogP contribution in [0.1, 0.15) is 0 Å². The molecule has 20 heavy (non-hydrogen) atoms. The highest BCUT2D eigenvalue weighted by molar-refractivity contribution is 6.12. The largest absolute Gasteiger partial charge is 0.446 e. The minimum absolute atomic E-state index is 0.0760. The third kappa shape index (κ3) is 1.77. The van der Waals surface area contributed by atoms with Gasteiger partial charge in [-0.05, 0) is 12.1 Å². The highest BCUT2D eigenvalue weighted by Gasteiger charge is 2.25. The maximum Gasteiger partial charge on any atom is 0.419 e. The second-order valence-electron chi connectivity index (χ2n) is 4.90. The summed E-state index contributed by atoms with van der Waals surface area (Å²) in [5.41, 5.74) is 1.74. The standard InChI is InChI=1S/C16H13NO3/c18-16(20-10-11-9-19-11)17-14-7-3-1-5-12(14)13-6-2-4-8-15(13)17/h1-8,11H,9-10H2. The van der Waals surface area contributed by atoms with Crippen molar-refractivity contribution >= 4 is 27.9 Å². The zero-order chi connectivity index (χ0) is 13.5. The molecule has 0 spiro atoms. The lowest BCUT2D eigenvalue weighted by atomic mass is 10.2. The van der Waals surface area contributed by atoms with Gasteiger partial charge in [0.2, 0.25) is 0 Å². The Kier molecular flexibility index (Phi) is 2.50. The third-order valence-corrected chi connectivity index (χ3v) is 3.56. The Morgan fingerprint density at radius 1 is 1.10 bits per heavy atom. The molecule has 2 heterocycles. The van der Waals surface area contributed by atoms with Gasteiger partial charge in [-0.3, -0.25) is 0 Å². The van der Waals surface area contributed by atoms with Crippen LogP contribution in [0.25, 0.3) is 21.8 Å². The second kappa shape index (κ2) is 4.35. The molecule has 0 aliphatic carbocycles. The van der Waals surface area contributed by atoms with Gasteiger partial charge in [-0.25, -0.2) is 9.36 Å². The molecule has 1 aliphatic rings. The Hall–Kier alpha value is -2.33. The molecule has 1 aromatic heterocycles. The number of ether oxygens (including phenoxy) is 2. The molecule has 0 amide bonds.